The van der Waals surface area contributed by atoms with Crippen molar-refractivity contribution >= 4 is 14.1 Å². The Morgan fingerprint density at radius 2 is 1.84 bits per heavy atom. The molecule has 2 saturated carbocycles. The van der Waals surface area contributed by atoms with Gasteiger partial charge in [0.15, 0.2) is 14.1 Å². The molecule has 0 radical (unpaired) electrons. The fraction of sp³-hybridized carbons (Fsp3) is 0.815. The lowest BCUT2D eigenvalue weighted by Gasteiger charge is -2.56. The summed E-state index contributed by atoms with van der Waals surface area (Å²) in [6.45, 7) is 14.3. The molecule has 3 fully saturated rings. The first-order chi connectivity index (χ1) is 14.7. The number of hydrogen-bond acceptors (Lipinski definition) is 4. The van der Waals surface area contributed by atoms with E-state index in [-0.39, 0.29) is 33.5 Å². The third-order valence-electron chi connectivity index (χ3n) is 10.4. The van der Waals surface area contributed by atoms with Gasteiger partial charge in [0.05, 0.1) is 23.3 Å². The lowest BCUT2D eigenvalue weighted by atomic mass is 9.58. The van der Waals surface area contributed by atoms with Gasteiger partial charge in [0.1, 0.15) is 0 Å². The van der Waals surface area contributed by atoms with Gasteiger partial charge in [-0.2, -0.15) is 0 Å². The summed E-state index contributed by atoms with van der Waals surface area (Å²) < 4.78 is 14.4. The first-order valence-corrected chi connectivity index (χ1v) is 15.7. The number of likely N-dealkylation sites (N-methyl/N-ethyl adjacent to an activating group) is 1. The monoisotopic (exact) mass is 457 g/mol. The van der Waals surface area contributed by atoms with Crippen LogP contribution in [0.4, 0.5) is 0 Å². The van der Waals surface area contributed by atoms with E-state index >= 15 is 0 Å². The van der Waals surface area contributed by atoms with Gasteiger partial charge in [0, 0.05) is 6.42 Å². The Balaban J connectivity index is 1.49. The van der Waals surface area contributed by atoms with Crippen LogP contribution >= 0.6 is 0 Å². The van der Waals surface area contributed by atoms with E-state index in [1.807, 2.05) is 20.2 Å². The van der Waals surface area contributed by atoms with Gasteiger partial charge in [0.25, 0.3) is 0 Å². The molecule has 0 N–H and O–H groups in total. The standard InChI is InChI=1S/C27H43NO3Si/c1-24(2,3)32(7,8)30-23-10-9-22-25(23,4)12-11-18-15-19-16-21(29)20(28(5)6)17-26(19)13-14-27(18,22)31-26/h15-16,20,22-23H,9-14,17H2,1-8H3/t20-,22+,23-,25-,26+,27+/m0/s1. The zero-order valence-corrected chi connectivity index (χ0v) is 22.5. The Bertz CT molecular complexity index is 899. The van der Waals surface area contributed by atoms with Crippen LogP contribution in [0.1, 0.15) is 72.6 Å². The van der Waals surface area contributed by atoms with Crippen LogP contribution in [0, 0.1) is 11.3 Å². The van der Waals surface area contributed by atoms with Crippen molar-refractivity contribution < 1.29 is 14.0 Å². The topological polar surface area (TPSA) is 38.8 Å². The number of ether oxygens (including phenoxy) is 1. The fourth-order valence-corrected chi connectivity index (χ4v) is 8.88. The molecule has 0 amide bonds. The Morgan fingerprint density at radius 3 is 2.50 bits per heavy atom. The summed E-state index contributed by atoms with van der Waals surface area (Å²) in [6.07, 6.45) is 12.1. The maximum atomic E-state index is 12.8. The molecule has 5 rings (SSSR count). The van der Waals surface area contributed by atoms with Gasteiger partial charge in [-0.15, -0.1) is 0 Å². The first kappa shape index (κ1) is 23.0. The number of carbonyl (C=O) groups excluding carboxylic acids is 1. The maximum Gasteiger partial charge on any atom is 0.192 e. The van der Waals surface area contributed by atoms with Crippen LogP contribution in [0.15, 0.2) is 23.3 Å². The summed E-state index contributed by atoms with van der Waals surface area (Å²) in [6, 6.07) is -0.0722. The number of fused-ring (bicyclic) bond motifs is 1. The van der Waals surface area contributed by atoms with Crippen LogP contribution in [0.25, 0.3) is 0 Å². The molecule has 2 bridgehead atoms. The number of carbonyl (C=O) groups is 1. The van der Waals surface area contributed by atoms with Crippen LogP contribution in [-0.2, 0) is 14.0 Å². The number of hydrogen-bond donors (Lipinski definition) is 0. The number of nitrogens with zero attached hydrogens (tertiary/aromatic N) is 1. The molecule has 3 aliphatic carbocycles. The molecule has 2 aliphatic heterocycles. The zero-order chi connectivity index (χ0) is 23.3. The van der Waals surface area contributed by atoms with Crippen molar-refractivity contribution in [1.29, 1.82) is 0 Å². The highest BCUT2D eigenvalue weighted by Crippen LogP contribution is 2.68. The summed E-state index contributed by atoms with van der Waals surface area (Å²) in [4.78, 5) is 14.9. The van der Waals surface area contributed by atoms with Gasteiger partial charge in [-0.3, -0.25) is 9.69 Å². The summed E-state index contributed by atoms with van der Waals surface area (Å²) in [5.41, 5.74) is 2.36. The van der Waals surface area contributed by atoms with E-state index in [9.17, 15) is 4.79 Å². The second-order valence-electron chi connectivity index (χ2n) is 13.3. The van der Waals surface area contributed by atoms with Crippen molar-refractivity contribution in [1.82, 2.24) is 4.90 Å². The Hall–Kier alpha value is -0.753. The number of rotatable bonds is 3. The Kier molecular flexibility index (Phi) is 4.96. The highest BCUT2D eigenvalue weighted by molar-refractivity contribution is 6.74. The normalized spacial score (nSPS) is 43.5. The largest absolute Gasteiger partial charge is 0.413 e. The van der Waals surface area contributed by atoms with Gasteiger partial charge in [-0.25, -0.2) is 0 Å². The molecule has 0 aromatic rings. The zero-order valence-electron chi connectivity index (χ0n) is 21.5. The minimum Gasteiger partial charge on any atom is -0.413 e. The van der Waals surface area contributed by atoms with Gasteiger partial charge < -0.3 is 9.16 Å². The molecule has 2 spiro atoms. The third-order valence-corrected chi connectivity index (χ3v) is 14.9. The van der Waals surface area contributed by atoms with Crippen molar-refractivity contribution in [3.63, 3.8) is 0 Å². The predicted octanol–water partition coefficient (Wildman–Crippen LogP) is 5.64. The summed E-state index contributed by atoms with van der Waals surface area (Å²) >= 11 is 0. The highest BCUT2D eigenvalue weighted by atomic mass is 28.4. The molecule has 4 nitrogen and oxygen atoms in total. The van der Waals surface area contributed by atoms with Gasteiger partial charge >= 0.3 is 0 Å². The maximum absolute atomic E-state index is 12.8. The van der Waals surface area contributed by atoms with Gasteiger partial charge in [-0.1, -0.05) is 33.8 Å². The highest BCUT2D eigenvalue weighted by Gasteiger charge is 2.68. The van der Waals surface area contributed by atoms with Gasteiger partial charge in [-0.05, 0) is 99.3 Å². The average Bonchev–Trinajstić information content (AvgIpc) is 3.17. The average molecular weight is 458 g/mol. The summed E-state index contributed by atoms with van der Waals surface area (Å²) in [5, 5.41) is 0.230. The predicted molar refractivity (Wildman–Crippen MR) is 131 cm³/mol. The second-order valence-corrected chi connectivity index (χ2v) is 18.1. The van der Waals surface area contributed by atoms with Crippen LogP contribution in [0.5, 0.6) is 0 Å². The summed E-state index contributed by atoms with van der Waals surface area (Å²) in [5.74, 6) is 0.751. The van der Waals surface area contributed by atoms with E-state index in [0.29, 0.717) is 12.0 Å². The molecule has 0 aromatic carbocycles. The van der Waals surface area contributed by atoms with Crippen LogP contribution in [-0.4, -0.2) is 56.4 Å². The molecule has 0 unspecified atom stereocenters. The fourth-order valence-electron chi connectivity index (χ4n) is 7.43. The minimum absolute atomic E-state index is 0.0722. The van der Waals surface area contributed by atoms with E-state index in [1.54, 1.807) is 0 Å². The van der Waals surface area contributed by atoms with E-state index in [1.165, 1.54) is 18.4 Å². The van der Waals surface area contributed by atoms with Crippen LogP contribution < -0.4 is 0 Å². The first-order valence-electron chi connectivity index (χ1n) is 12.8. The smallest absolute Gasteiger partial charge is 0.192 e. The van der Waals surface area contributed by atoms with Crippen molar-refractivity contribution in [2.45, 2.75) is 114 Å². The van der Waals surface area contributed by atoms with E-state index in [2.05, 4.69) is 51.8 Å². The van der Waals surface area contributed by atoms with Gasteiger partial charge in [0.2, 0.25) is 0 Å². The Morgan fingerprint density at radius 1 is 1.12 bits per heavy atom. The molecule has 5 aliphatic rings. The van der Waals surface area contributed by atoms with Crippen LogP contribution in [0.3, 0.4) is 0 Å². The van der Waals surface area contributed by atoms with E-state index in [0.717, 1.165) is 37.7 Å². The minimum atomic E-state index is -1.83. The quantitative estimate of drug-likeness (QED) is 0.514. The lowest BCUT2D eigenvalue weighted by molar-refractivity contribution is -0.155. The molecule has 2 heterocycles. The van der Waals surface area contributed by atoms with Crippen molar-refractivity contribution in [3.8, 4) is 0 Å². The lowest BCUT2D eigenvalue weighted by Crippen LogP contribution is -2.58. The molecular formula is C27H43NO3Si. The van der Waals surface area contributed by atoms with Crippen molar-refractivity contribution in [2.24, 2.45) is 11.3 Å². The molecule has 5 heteroatoms. The van der Waals surface area contributed by atoms with Crippen molar-refractivity contribution in [2.75, 3.05) is 14.1 Å². The SMILES string of the molecule is CN(C)[C@H]1C[C@@]23CC[C@@]4(O2)C(=CC3=CC1=O)CC[C@]1(C)[C@@H](O[Si](C)(C)C(C)(C)C)CC[C@H]14. The molecule has 0 aromatic heterocycles. The number of ketones is 1. The molecule has 32 heavy (non-hydrogen) atoms. The van der Waals surface area contributed by atoms with Crippen LogP contribution in [0.2, 0.25) is 18.1 Å². The Labute approximate surface area is 195 Å². The second kappa shape index (κ2) is 6.90. The third kappa shape index (κ3) is 3.00. The van der Waals surface area contributed by atoms with Crippen molar-refractivity contribution in [3.05, 3.63) is 23.3 Å². The molecule has 178 valence electrons. The summed E-state index contributed by atoms with van der Waals surface area (Å²) in [7, 11) is 2.21. The van der Waals surface area contributed by atoms with E-state index < -0.39 is 8.32 Å². The molecular weight excluding hydrogens is 414 g/mol. The van der Waals surface area contributed by atoms with E-state index in [4.69, 9.17) is 9.16 Å². The molecule has 1 saturated heterocycles. The molecule has 6 atom stereocenters.